The first-order valence-corrected chi connectivity index (χ1v) is 10.3. The number of hydrogen-bond donors (Lipinski definition) is 0. The Hall–Kier alpha value is -3.47. The first-order valence-electron chi connectivity index (χ1n) is 10.3. The number of rotatable bonds is 2. The molecule has 1 heterocycles. The standard InChI is InChI=1S/C26H22O5/c1-26(2)12-18(27)21-19(13-26)31-25-22(20(21)14-7-6-8-15(11-14)30-3)23(28)16-9-4-5-10-17(16)24(25)29/h4-11,20H,12-13H2,1-3H3. The number of carbonyl (C=O) groups excluding carboxylic acids is 3. The minimum absolute atomic E-state index is 0.0424. The molecule has 0 N–H and O–H groups in total. The zero-order valence-corrected chi connectivity index (χ0v) is 17.7. The monoisotopic (exact) mass is 414 g/mol. The zero-order chi connectivity index (χ0) is 21.9. The molecule has 31 heavy (non-hydrogen) atoms. The number of fused-ring (bicyclic) bond motifs is 1. The molecule has 2 aliphatic carbocycles. The molecule has 3 aliphatic rings. The Balaban J connectivity index is 1.77. The maximum atomic E-state index is 13.6. The summed E-state index contributed by atoms with van der Waals surface area (Å²) in [5, 5.41) is 0. The van der Waals surface area contributed by atoms with E-state index in [1.807, 2.05) is 38.1 Å². The number of benzene rings is 2. The fourth-order valence-electron chi connectivity index (χ4n) is 4.85. The van der Waals surface area contributed by atoms with Crippen LogP contribution in [0.3, 0.4) is 0 Å². The second-order valence-corrected chi connectivity index (χ2v) is 9.04. The van der Waals surface area contributed by atoms with Crippen LogP contribution in [0.15, 0.2) is 71.2 Å². The Morgan fingerprint density at radius 3 is 2.32 bits per heavy atom. The van der Waals surface area contributed by atoms with Gasteiger partial charge in [-0.1, -0.05) is 50.2 Å². The highest BCUT2D eigenvalue weighted by molar-refractivity contribution is 6.27. The van der Waals surface area contributed by atoms with E-state index < -0.39 is 5.92 Å². The summed E-state index contributed by atoms with van der Waals surface area (Å²) in [5.41, 5.74) is 1.84. The molecule has 1 unspecified atom stereocenters. The second-order valence-electron chi connectivity index (χ2n) is 9.04. The van der Waals surface area contributed by atoms with Crippen molar-refractivity contribution in [2.45, 2.75) is 32.6 Å². The highest BCUT2D eigenvalue weighted by atomic mass is 16.5. The van der Waals surface area contributed by atoms with Crippen molar-refractivity contribution in [2.75, 3.05) is 7.11 Å². The molecule has 1 atom stereocenters. The van der Waals surface area contributed by atoms with Gasteiger partial charge in [-0.05, 0) is 23.1 Å². The van der Waals surface area contributed by atoms with Crippen LogP contribution in [0, 0.1) is 5.41 Å². The summed E-state index contributed by atoms with van der Waals surface area (Å²) in [7, 11) is 1.57. The molecule has 5 nitrogen and oxygen atoms in total. The molecule has 156 valence electrons. The molecule has 0 saturated carbocycles. The van der Waals surface area contributed by atoms with Gasteiger partial charge < -0.3 is 9.47 Å². The van der Waals surface area contributed by atoms with Crippen LogP contribution >= 0.6 is 0 Å². The van der Waals surface area contributed by atoms with E-state index in [0.717, 1.165) is 5.56 Å². The van der Waals surface area contributed by atoms with Crippen molar-refractivity contribution >= 4 is 17.3 Å². The molecule has 2 aromatic carbocycles. The van der Waals surface area contributed by atoms with Crippen LogP contribution in [-0.4, -0.2) is 24.5 Å². The third-order valence-corrected chi connectivity index (χ3v) is 6.22. The van der Waals surface area contributed by atoms with Crippen LogP contribution in [0.1, 0.15) is 58.9 Å². The maximum Gasteiger partial charge on any atom is 0.229 e. The fourth-order valence-corrected chi connectivity index (χ4v) is 4.85. The Labute approximate surface area is 180 Å². The van der Waals surface area contributed by atoms with Crippen molar-refractivity contribution in [1.29, 1.82) is 0 Å². The highest BCUT2D eigenvalue weighted by Gasteiger charge is 2.48. The lowest BCUT2D eigenvalue weighted by atomic mass is 9.67. The van der Waals surface area contributed by atoms with Crippen LogP contribution in [-0.2, 0) is 9.53 Å². The van der Waals surface area contributed by atoms with Crippen LogP contribution < -0.4 is 4.74 Å². The summed E-state index contributed by atoms with van der Waals surface area (Å²) in [5.74, 6) is -0.157. The zero-order valence-electron chi connectivity index (χ0n) is 17.7. The third-order valence-electron chi connectivity index (χ3n) is 6.22. The average molecular weight is 414 g/mol. The number of carbonyl (C=O) groups is 3. The van der Waals surface area contributed by atoms with Crippen LogP contribution in [0.5, 0.6) is 5.75 Å². The molecular weight excluding hydrogens is 392 g/mol. The predicted octanol–water partition coefficient (Wildman–Crippen LogP) is 4.79. The highest BCUT2D eigenvalue weighted by Crippen LogP contribution is 2.51. The molecule has 0 amide bonds. The molecule has 0 aromatic heterocycles. The lowest BCUT2D eigenvalue weighted by molar-refractivity contribution is -0.119. The van der Waals surface area contributed by atoms with Gasteiger partial charge in [-0.15, -0.1) is 0 Å². The van der Waals surface area contributed by atoms with Crippen molar-refractivity contribution < 1.29 is 23.9 Å². The first kappa shape index (κ1) is 19.5. The SMILES string of the molecule is COc1cccc(C2C3=C(CC(C)(C)CC3=O)OC3=C2C(=O)c2ccccc2C3=O)c1. The largest absolute Gasteiger partial charge is 0.497 e. The molecule has 0 radical (unpaired) electrons. The van der Waals surface area contributed by atoms with Gasteiger partial charge in [-0.3, -0.25) is 14.4 Å². The van der Waals surface area contributed by atoms with Crippen molar-refractivity contribution in [3.05, 3.63) is 87.9 Å². The maximum absolute atomic E-state index is 13.6. The number of ether oxygens (including phenoxy) is 2. The molecule has 2 aromatic rings. The Morgan fingerprint density at radius 2 is 1.61 bits per heavy atom. The van der Waals surface area contributed by atoms with Crippen molar-refractivity contribution in [2.24, 2.45) is 5.41 Å². The van der Waals surface area contributed by atoms with E-state index in [1.54, 1.807) is 31.4 Å². The fraction of sp³-hybridized carbons (Fsp3) is 0.269. The van der Waals surface area contributed by atoms with Crippen LogP contribution in [0.25, 0.3) is 0 Å². The number of ketones is 3. The Bertz CT molecular complexity index is 1230. The quantitative estimate of drug-likeness (QED) is 0.707. The molecule has 1 aliphatic heterocycles. The van der Waals surface area contributed by atoms with Crippen LogP contribution in [0.2, 0.25) is 0 Å². The van der Waals surface area contributed by atoms with Gasteiger partial charge in [0, 0.05) is 35.5 Å². The Kier molecular flexibility index (Phi) is 4.26. The van der Waals surface area contributed by atoms with E-state index >= 15 is 0 Å². The van der Waals surface area contributed by atoms with E-state index in [2.05, 4.69) is 0 Å². The summed E-state index contributed by atoms with van der Waals surface area (Å²) in [6, 6.07) is 14.1. The Morgan fingerprint density at radius 1 is 0.903 bits per heavy atom. The molecule has 0 fully saturated rings. The molecule has 0 saturated heterocycles. The third kappa shape index (κ3) is 2.95. The summed E-state index contributed by atoms with van der Waals surface area (Å²) in [6.07, 6.45) is 0.880. The van der Waals surface area contributed by atoms with Gasteiger partial charge in [0.1, 0.15) is 11.5 Å². The summed E-state index contributed by atoms with van der Waals surface area (Å²) in [6.45, 7) is 4.01. The molecule has 5 rings (SSSR count). The molecular formula is C26H22O5. The summed E-state index contributed by atoms with van der Waals surface area (Å²) < 4.78 is 11.5. The van der Waals surface area contributed by atoms with E-state index in [1.165, 1.54) is 0 Å². The second kappa shape index (κ2) is 6.77. The molecule has 5 heteroatoms. The smallest absolute Gasteiger partial charge is 0.229 e. The summed E-state index contributed by atoms with van der Waals surface area (Å²) >= 11 is 0. The average Bonchev–Trinajstić information content (AvgIpc) is 2.75. The number of methoxy groups -OCH3 is 1. The van der Waals surface area contributed by atoms with E-state index in [4.69, 9.17) is 9.47 Å². The molecule has 0 bridgehead atoms. The van der Waals surface area contributed by atoms with E-state index in [9.17, 15) is 14.4 Å². The van der Waals surface area contributed by atoms with Gasteiger partial charge in [0.2, 0.25) is 5.78 Å². The lowest BCUT2D eigenvalue weighted by Crippen LogP contribution is -2.37. The minimum Gasteiger partial charge on any atom is -0.497 e. The van der Waals surface area contributed by atoms with Crippen LogP contribution in [0.4, 0.5) is 0 Å². The first-order chi connectivity index (χ1) is 14.8. The van der Waals surface area contributed by atoms with Gasteiger partial charge in [-0.25, -0.2) is 0 Å². The number of Topliss-reactive ketones (excluding diaryl/α,β-unsaturated/α-hetero) is 3. The van der Waals surface area contributed by atoms with E-state index in [0.29, 0.717) is 41.1 Å². The molecule has 0 spiro atoms. The lowest BCUT2D eigenvalue weighted by Gasteiger charge is -2.39. The normalized spacial score (nSPS) is 21.9. The minimum atomic E-state index is -0.665. The summed E-state index contributed by atoms with van der Waals surface area (Å²) in [4.78, 5) is 40.2. The number of allylic oxidation sites excluding steroid dienone is 4. The topological polar surface area (TPSA) is 69.7 Å². The van der Waals surface area contributed by atoms with Gasteiger partial charge >= 0.3 is 0 Å². The van der Waals surface area contributed by atoms with Crippen molar-refractivity contribution in [3.63, 3.8) is 0 Å². The van der Waals surface area contributed by atoms with Gasteiger partial charge in [0.15, 0.2) is 17.3 Å². The van der Waals surface area contributed by atoms with Crippen molar-refractivity contribution in [1.82, 2.24) is 0 Å². The van der Waals surface area contributed by atoms with E-state index in [-0.39, 0.29) is 34.1 Å². The van der Waals surface area contributed by atoms with Crippen molar-refractivity contribution in [3.8, 4) is 5.75 Å². The van der Waals surface area contributed by atoms with Gasteiger partial charge in [-0.2, -0.15) is 0 Å². The van der Waals surface area contributed by atoms with Gasteiger partial charge in [0.05, 0.1) is 12.7 Å². The number of hydrogen-bond acceptors (Lipinski definition) is 5. The van der Waals surface area contributed by atoms with Gasteiger partial charge in [0.25, 0.3) is 0 Å². The predicted molar refractivity (Wildman–Crippen MR) is 114 cm³/mol.